The van der Waals surface area contributed by atoms with Crippen LogP contribution in [0, 0.1) is 11.7 Å². The molecular weight excluding hydrogens is 225 g/mol. The van der Waals surface area contributed by atoms with E-state index >= 15 is 0 Å². The predicted molar refractivity (Wildman–Crippen MR) is 71.8 cm³/mol. The molecule has 1 fully saturated rings. The second-order valence-corrected chi connectivity index (χ2v) is 4.61. The maximum atomic E-state index is 12.9. The van der Waals surface area contributed by atoms with Crippen molar-refractivity contribution in [1.82, 2.24) is 0 Å². The molecule has 90 valence electrons. The van der Waals surface area contributed by atoms with E-state index in [1.54, 1.807) is 12.1 Å². The van der Waals surface area contributed by atoms with Crippen molar-refractivity contribution in [3.8, 4) is 0 Å². The van der Waals surface area contributed by atoms with Gasteiger partial charge in [-0.1, -0.05) is 30.3 Å². The van der Waals surface area contributed by atoms with Crippen LogP contribution >= 0.6 is 0 Å². The molecule has 18 heavy (non-hydrogen) atoms. The number of benzene rings is 2. The monoisotopic (exact) mass is 239 g/mol. The zero-order chi connectivity index (χ0) is 12.4. The molecule has 2 aromatic rings. The van der Waals surface area contributed by atoms with Gasteiger partial charge in [0.05, 0.1) is 11.4 Å². The Morgan fingerprint density at radius 3 is 2.22 bits per heavy atom. The SMILES string of the molecule is Fc1ccc(N=C(c2ccccc2)C2CC2)cc1. The summed E-state index contributed by atoms with van der Waals surface area (Å²) < 4.78 is 12.9. The van der Waals surface area contributed by atoms with Crippen LogP contribution in [0.5, 0.6) is 0 Å². The largest absolute Gasteiger partial charge is 0.253 e. The van der Waals surface area contributed by atoms with Crippen LogP contribution in [0.1, 0.15) is 18.4 Å². The average molecular weight is 239 g/mol. The van der Waals surface area contributed by atoms with Gasteiger partial charge in [-0.15, -0.1) is 0 Å². The van der Waals surface area contributed by atoms with Gasteiger partial charge in [0.1, 0.15) is 5.82 Å². The Kier molecular flexibility index (Phi) is 2.93. The minimum atomic E-state index is -0.221. The van der Waals surface area contributed by atoms with Gasteiger partial charge in [-0.25, -0.2) is 4.39 Å². The summed E-state index contributed by atoms with van der Waals surface area (Å²) >= 11 is 0. The summed E-state index contributed by atoms with van der Waals surface area (Å²) in [5, 5.41) is 0. The molecule has 0 aromatic heterocycles. The first-order chi connectivity index (χ1) is 8.83. The van der Waals surface area contributed by atoms with Crippen LogP contribution in [0.15, 0.2) is 59.6 Å². The third-order valence-electron chi connectivity index (χ3n) is 3.11. The third-order valence-corrected chi connectivity index (χ3v) is 3.11. The van der Waals surface area contributed by atoms with Crippen LogP contribution in [0.3, 0.4) is 0 Å². The maximum absolute atomic E-state index is 12.9. The molecule has 0 saturated heterocycles. The fourth-order valence-electron chi connectivity index (χ4n) is 2.01. The molecular formula is C16H14FN. The van der Waals surface area contributed by atoms with E-state index in [4.69, 9.17) is 0 Å². The van der Waals surface area contributed by atoms with E-state index in [0.717, 1.165) is 11.4 Å². The number of rotatable bonds is 3. The molecule has 1 aliphatic carbocycles. The molecule has 0 bridgehead atoms. The van der Waals surface area contributed by atoms with Crippen molar-refractivity contribution in [3.05, 3.63) is 66.0 Å². The lowest BCUT2D eigenvalue weighted by Crippen LogP contribution is -2.02. The second kappa shape index (κ2) is 4.73. The highest BCUT2D eigenvalue weighted by Crippen LogP contribution is 2.34. The van der Waals surface area contributed by atoms with Crippen LogP contribution in [0.2, 0.25) is 0 Å². The van der Waals surface area contributed by atoms with Gasteiger partial charge < -0.3 is 0 Å². The van der Waals surface area contributed by atoms with E-state index in [0.29, 0.717) is 5.92 Å². The molecule has 3 rings (SSSR count). The molecule has 1 nitrogen and oxygen atoms in total. The number of hydrogen-bond acceptors (Lipinski definition) is 1. The molecule has 2 aromatic carbocycles. The molecule has 1 saturated carbocycles. The van der Waals surface area contributed by atoms with Crippen LogP contribution in [-0.4, -0.2) is 5.71 Å². The van der Waals surface area contributed by atoms with Gasteiger partial charge >= 0.3 is 0 Å². The Morgan fingerprint density at radius 1 is 0.944 bits per heavy atom. The number of aliphatic imine (C=N–C) groups is 1. The fraction of sp³-hybridized carbons (Fsp3) is 0.188. The quantitative estimate of drug-likeness (QED) is 0.706. The van der Waals surface area contributed by atoms with Crippen molar-refractivity contribution >= 4 is 11.4 Å². The highest BCUT2D eigenvalue weighted by Gasteiger charge is 2.28. The Hall–Kier alpha value is -1.96. The van der Waals surface area contributed by atoms with E-state index in [9.17, 15) is 4.39 Å². The first kappa shape index (κ1) is 11.1. The summed E-state index contributed by atoms with van der Waals surface area (Å²) in [4.78, 5) is 4.68. The lowest BCUT2D eigenvalue weighted by atomic mass is 10.1. The lowest BCUT2D eigenvalue weighted by molar-refractivity contribution is 0.628. The number of halogens is 1. The van der Waals surface area contributed by atoms with Crippen molar-refractivity contribution in [2.75, 3.05) is 0 Å². The second-order valence-electron chi connectivity index (χ2n) is 4.61. The average Bonchev–Trinajstić information content (AvgIpc) is 3.23. The topological polar surface area (TPSA) is 12.4 Å². The van der Waals surface area contributed by atoms with Crippen LogP contribution in [0.25, 0.3) is 0 Å². The van der Waals surface area contributed by atoms with E-state index in [1.165, 1.54) is 30.5 Å². The molecule has 0 spiro atoms. The highest BCUT2D eigenvalue weighted by molar-refractivity contribution is 6.04. The first-order valence-corrected chi connectivity index (χ1v) is 6.22. The lowest BCUT2D eigenvalue weighted by Gasteiger charge is -2.05. The van der Waals surface area contributed by atoms with Gasteiger partial charge in [0.15, 0.2) is 0 Å². The Balaban J connectivity index is 1.97. The third kappa shape index (κ3) is 2.48. The van der Waals surface area contributed by atoms with Gasteiger partial charge in [-0.3, -0.25) is 4.99 Å². The minimum absolute atomic E-state index is 0.221. The zero-order valence-corrected chi connectivity index (χ0v) is 10.0. The summed E-state index contributed by atoms with van der Waals surface area (Å²) in [6.45, 7) is 0. The molecule has 1 aliphatic rings. The molecule has 0 atom stereocenters. The Bertz CT molecular complexity index is 553. The van der Waals surface area contributed by atoms with Gasteiger partial charge in [0.2, 0.25) is 0 Å². The molecule has 0 heterocycles. The minimum Gasteiger partial charge on any atom is -0.253 e. The van der Waals surface area contributed by atoms with Gasteiger partial charge in [-0.2, -0.15) is 0 Å². The molecule has 2 heteroatoms. The summed E-state index contributed by atoms with van der Waals surface area (Å²) in [6, 6.07) is 16.6. The predicted octanol–water partition coefficient (Wildman–Crippen LogP) is 4.36. The van der Waals surface area contributed by atoms with E-state index < -0.39 is 0 Å². The summed E-state index contributed by atoms with van der Waals surface area (Å²) in [5.74, 6) is 0.346. The van der Waals surface area contributed by atoms with E-state index in [1.807, 2.05) is 18.2 Å². The van der Waals surface area contributed by atoms with E-state index in [-0.39, 0.29) is 5.82 Å². The van der Waals surface area contributed by atoms with Crippen LogP contribution in [0.4, 0.5) is 10.1 Å². The summed E-state index contributed by atoms with van der Waals surface area (Å²) in [7, 11) is 0. The smallest absolute Gasteiger partial charge is 0.123 e. The molecule has 0 radical (unpaired) electrons. The van der Waals surface area contributed by atoms with Crippen molar-refractivity contribution in [1.29, 1.82) is 0 Å². The molecule has 0 unspecified atom stereocenters. The van der Waals surface area contributed by atoms with Crippen molar-refractivity contribution in [3.63, 3.8) is 0 Å². The highest BCUT2D eigenvalue weighted by atomic mass is 19.1. The Labute approximate surface area is 106 Å². The van der Waals surface area contributed by atoms with Crippen molar-refractivity contribution in [2.24, 2.45) is 10.9 Å². The Morgan fingerprint density at radius 2 is 1.61 bits per heavy atom. The van der Waals surface area contributed by atoms with Gasteiger partial charge in [-0.05, 0) is 42.7 Å². The first-order valence-electron chi connectivity index (χ1n) is 6.22. The van der Waals surface area contributed by atoms with E-state index in [2.05, 4.69) is 17.1 Å². The molecule has 0 aliphatic heterocycles. The summed E-state index contributed by atoms with van der Waals surface area (Å²) in [5.41, 5.74) is 3.12. The van der Waals surface area contributed by atoms with Crippen molar-refractivity contribution < 1.29 is 4.39 Å². The molecule has 0 N–H and O–H groups in total. The van der Waals surface area contributed by atoms with Gasteiger partial charge in [0.25, 0.3) is 0 Å². The molecule has 0 amide bonds. The summed E-state index contributed by atoms with van der Waals surface area (Å²) in [6.07, 6.45) is 2.41. The fourth-order valence-corrected chi connectivity index (χ4v) is 2.01. The van der Waals surface area contributed by atoms with Crippen LogP contribution < -0.4 is 0 Å². The normalized spacial score (nSPS) is 15.7. The number of nitrogens with zero attached hydrogens (tertiary/aromatic N) is 1. The van der Waals surface area contributed by atoms with Gasteiger partial charge in [0, 0.05) is 5.92 Å². The maximum Gasteiger partial charge on any atom is 0.123 e. The van der Waals surface area contributed by atoms with Crippen molar-refractivity contribution in [2.45, 2.75) is 12.8 Å². The van der Waals surface area contributed by atoms with Crippen LogP contribution in [-0.2, 0) is 0 Å². The standard InChI is InChI=1S/C16H14FN/c17-14-8-10-15(11-9-14)18-16(13-6-7-13)12-4-2-1-3-5-12/h1-5,8-11,13H,6-7H2. The number of hydrogen-bond donors (Lipinski definition) is 0. The zero-order valence-electron chi connectivity index (χ0n) is 10.0.